The molecule has 0 saturated carbocycles. The highest BCUT2D eigenvalue weighted by atomic mass is 16.5. The van der Waals surface area contributed by atoms with Crippen molar-refractivity contribution in [2.24, 2.45) is 11.5 Å². The first-order valence-electron chi connectivity index (χ1n) is 14.7. The predicted octanol–water partition coefficient (Wildman–Crippen LogP) is 0.279. The summed E-state index contributed by atoms with van der Waals surface area (Å²) in [4.78, 5) is 77.1. The number of carbonyl (C=O) groups is 6. The Morgan fingerprint density at radius 2 is 1.74 bits per heavy atom. The van der Waals surface area contributed by atoms with Crippen molar-refractivity contribution in [2.75, 3.05) is 19.7 Å². The third-order valence-corrected chi connectivity index (χ3v) is 6.95. The van der Waals surface area contributed by atoms with Crippen LogP contribution < -0.4 is 27.4 Å². The summed E-state index contributed by atoms with van der Waals surface area (Å²) in [5, 5.41) is 8.11. The average Bonchev–Trinajstić information content (AvgIpc) is 3.48. The minimum Gasteiger partial charge on any atom is -0.463 e. The summed E-state index contributed by atoms with van der Waals surface area (Å²) in [6, 6.07) is 5.25. The molecule has 5 amide bonds. The van der Waals surface area contributed by atoms with Crippen LogP contribution in [0.25, 0.3) is 0 Å². The molecule has 1 fully saturated rings. The SMILES string of the molecule is CCOC(=O)/C=C/[C@H](CCC(N)=O)NC(=O)[C@H](CCCCN)NC(=O)[C@H](C)NC(=O)[C@@H]1CCCN1C(=O)c1ccccc1. The van der Waals surface area contributed by atoms with Gasteiger partial charge in [0.2, 0.25) is 23.6 Å². The van der Waals surface area contributed by atoms with Crippen LogP contribution in [0.4, 0.5) is 0 Å². The summed E-state index contributed by atoms with van der Waals surface area (Å²) in [6.07, 6.45) is 5.20. The largest absolute Gasteiger partial charge is 0.463 e. The zero-order chi connectivity index (χ0) is 31.8. The van der Waals surface area contributed by atoms with E-state index >= 15 is 0 Å². The van der Waals surface area contributed by atoms with Gasteiger partial charge < -0.3 is 37.1 Å². The van der Waals surface area contributed by atoms with Crippen LogP contribution in [-0.2, 0) is 28.7 Å². The summed E-state index contributed by atoms with van der Waals surface area (Å²) >= 11 is 0. The number of hydrogen-bond acceptors (Lipinski definition) is 8. The van der Waals surface area contributed by atoms with E-state index in [0.29, 0.717) is 44.3 Å². The predicted molar refractivity (Wildman–Crippen MR) is 159 cm³/mol. The molecule has 1 heterocycles. The molecule has 1 aromatic rings. The minimum atomic E-state index is -0.999. The second-order valence-corrected chi connectivity index (χ2v) is 10.3. The summed E-state index contributed by atoms with van der Waals surface area (Å²) in [7, 11) is 0. The fraction of sp³-hybridized carbons (Fsp3) is 0.533. The minimum absolute atomic E-state index is 0.0453. The zero-order valence-corrected chi connectivity index (χ0v) is 24.9. The second-order valence-electron chi connectivity index (χ2n) is 10.3. The standard InChI is InChI=1S/C30H44N6O7/c1-3-43-26(38)17-15-22(14-16-25(32)37)34-28(40)23(12-7-8-18-31)35-27(39)20(2)33-29(41)24-13-9-19-36(24)30(42)21-10-5-4-6-11-21/h4-6,10-11,15,17,20,22-24H,3,7-9,12-14,16,18-19,31H2,1-2H3,(H2,32,37)(H,33,41)(H,34,40)(H,35,39)/b17-15+/t20-,22-,23-,24-/m0/s1. The van der Waals surface area contributed by atoms with Crippen molar-refractivity contribution in [2.45, 2.75) is 83.0 Å². The van der Waals surface area contributed by atoms with E-state index < -0.39 is 53.8 Å². The van der Waals surface area contributed by atoms with Crippen LogP contribution in [0.3, 0.4) is 0 Å². The van der Waals surface area contributed by atoms with Gasteiger partial charge in [-0.15, -0.1) is 0 Å². The fourth-order valence-corrected chi connectivity index (χ4v) is 4.65. The van der Waals surface area contributed by atoms with Crippen molar-refractivity contribution < 1.29 is 33.5 Å². The molecule has 1 saturated heterocycles. The Morgan fingerprint density at radius 3 is 2.40 bits per heavy atom. The number of nitrogens with one attached hydrogen (secondary N) is 3. The molecule has 13 nitrogen and oxygen atoms in total. The number of hydrogen-bond donors (Lipinski definition) is 5. The van der Waals surface area contributed by atoms with E-state index in [1.165, 1.54) is 17.9 Å². The van der Waals surface area contributed by atoms with Crippen molar-refractivity contribution in [3.05, 3.63) is 48.0 Å². The van der Waals surface area contributed by atoms with E-state index in [0.717, 1.165) is 6.08 Å². The molecule has 0 aromatic heterocycles. The van der Waals surface area contributed by atoms with Crippen molar-refractivity contribution in [3.8, 4) is 0 Å². The molecule has 2 rings (SSSR count). The number of nitrogens with two attached hydrogens (primary N) is 2. The molecule has 1 aliphatic rings. The Labute approximate surface area is 252 Å². The molecule has 0 radical (unpaired) electrons. The number of esters is 1. The van der Waals surface area contributed by atoms with Crippen LogP contribution in [0, 0.1) is 0 Å². The molecule has 4 atom stereocenters. The van der Waals surface area contributed by atoms with Crippen LogP contribution >= 0.6 is 0 Å². The number of amides is 5. The highest BCUT2D eigenvalue weighted by Crippen LogP contribution is 2.20. The van der Waals surface area contributed by atoms with E-state index in [-0.39, 0.29) is 31.8 Å². The van der Waals surface area contributed by atoms with Gasteiger partial charge in [0.1, 0.15) is 18.1 Å². The Balaban J connectivity index is 2.07. The molecule has 7 N–H and O–H groups in total. The summed E-state index contributed by atoms with van der Waals surface area (Å²) in [5.41, 5.74) is 11.3. The molecule has 1 aromatic carbocycles. The summed E-state index contributed by atoms with van der Waals surface area (Å²) in [5.74, 6) is -3.02. The molecule has 0 bridgehead atoms. The van der Waals surface area contributed by atoms with Gasteiger partial charge in [0.15, 0.2) is 0 Å². The smallest absolute Gasteiger partial charge is 0.330 e. The number of benzene rings is 1. The van der Waals surface area contributed by atoms with E-state index in [1.807, 2.05) is 0 Å². The van der Waals surface area contributed by atoms with Gasteiger partial charge in [-0.1, -0.05) is 24.3 Å². The quantitative estimate of drug-likeness (QED) is 0.0952. The monoisotopic (exact) mass is 600 g/mol. The lowest BCUT2D eigenvalue weighted by molar-refractivity contribution is -0.137. The number of rotatable bonds is 17. The highest BCUT2D eigenvalue weighted by molar-refractivity contribution is 5.99. The van der Waals surface area contributed by atoms with E-state index in [4.69, 9.17) is 16.2 Å². The van der Waals surface area contributed by atoms with E-state index in [9.17, 15) is 28.8 Å². The van der Waals surface area contributed by atoms with Gasteiger partial charge in [0.05, 0.1) is 6.61 Å². The van der Waals surface area contributed by atoms with Gasteiger partial charge in [0, 0.05) is 30.6 Å². The van der Waals surface area contributed by atoms with Gasteiger partial charge >= 0.3 is 5.97 Å². The van der Waals surface area contributed by atoms with Gasteiger partial charge in [0.25, 0.3) is 5.91 Å². The van der Waals surface area contributed by atoms with Crippen molar-refractivity contribution in [3.63, 3.8) is 0 Å². The molecule has 1 aliphatic heterocycles. The topological polar surface area (TPSA) is 203 Å². The molecule has 0 unspecified atom stereocenters. The van der Waals surface area contributed by atoms with Gasteiger partial charge in [-0.2, -0.15) is 0 Å². The number of carbonyl (C=O) groups excluding carboxylic acids is 6. The normalized spacial score (nSPS) is 16.6. The molecule has 13 heteroatoms. The molecule has 236 valence electrons. The fourth-order valence-electron chi connectivity index (χ4n) is 4.65. The maximum Gasteiger partial charge on any atom is 0.330 e. The molecule has 43 heavy (non-hydrogen) atoms. The molecular formula is C30H44N6O7. The van der Waals surface area contributed by atoms with E-state index in [2.05, 4.69) is 16.0 Å². The molecule has 0 spiro atoms. The lowest BCUT2D eigenvalue weighted by Crippen LogP contribution is -2.56. The van der Waals surface area contributed by atoms with Crippen LogP contribution in [0.1, 0.15) is 69.2 Å². The highest BCUT2D eigenvalue weighted by Gasteiger charge is 2.36. The average molecular weight is 601 g/mol. The van der Waals surface area contributed by atoms with Gasteiger partial charge in [-0.25, -0.2) is 4.79 Å². The van der Waals surface area contributed by atoms with E-state index in [1.54, 1.807) is 37.3 Å². The number of primary amides is 1. The first-order valence-corrected chi connectivity index (χ1v) is 14.7. The lowest BCUT2D eigenvalue weighted by Gasteiger charge is -2.26. The number of likely N-dealkylation sites (tertiary alicyclic amines) is 1. The third-order valence-electron chi connectivity index (χ3n) is 6.95. The third kappa shape index (κ3) is 11.9. The molecule has 0 aliphatic carbocycles. The van der Waals surface area contributed by atoms with Crippen LogP contribution in [0.2, 0.25) is 0 Å². The maximum atomic E-state index is 13.3. The molecular weight excluding hydrogens is 556 g/mol. The summed E-state index contributed by atoms with van der Waals surface area (Å²) in [6.45, 7) is 4.16. The van der Waals surface area contributed by atoms with Gasteiger partial charge in [-0.3, -0.25) is 24.0 Å². The number of ether oxygens (including phenoxy) is 1. The van der Waals surface area contributed by atoms with Crippen LogP contribution in [-0.4, -0.2) is 84.3 Å². The Bertz CT molecular complexity index is 1140. The maximum absolute atomic E-state index is 13.3. The van der Waals surface area contributed by atoms with Crippen LogP contribution in [0.5, 0.6) is 0 Å². The van der Waals surface area contributed by atoms with Crippen molar-refractivity contribution >= 4 is 35.5 Å². The Hall–Kier alpha value is -4.26. The van der Waals surface area contributed by atoms with Crippen LogP contribution in [0.15, 0.2) is 42.5 Å². The second kappa shape index (κ2) is 18.3. The van der Waals surface area contributed by atoms with Gasteiger partial charge in [-0.05, 0) is 71.0 Å². The summed E-state index contributed by atoms with van der Waals surface area (Å²) < 4.78 is 4.87. The van der Waals surface area contributed by atoms with Crippen molar-refractivity contribution in [1.82, 2.24) is 20.9 Å². The number of unbranched alkanes of at least 4 members (excludes halogenated alkanes) is 1. The Kier molecular flexibility index (Phi) is 14.9. The first-order chi connectivity index (χ1) is 20.6. The zero-order valence-electron chi connectivity index (χ0n) is 24.9. The lowest BCUT2D eigenvalue weighted by atomic mass is 10.1. The van der Waals surface area contributed by atoms with Crippen molar-refractivity contribution in [1.29, 1.82) is 0 Å². The number of nitrogens with zero attached hydrogens (tertiary/aromatic N) is 1. The Morgan fingerprint density at radius 1 is 1.02 bits per heavy atom. The first kappa shape index (κ1) is 34.9.